The van der Waals surface area contributed by atoms with Crippen LogP contribution in [0.4, 0.5) is 0 Å². The van der Waals surface area contributed by atoms with Crippen LogP contribution in [-0.2, 0) is 0 Å². The molecule has 2 aromatic heterocycles. The van der Waals surface area contributed by atoms with Gasteiger partial charge < -0.3 is 10.6 Å². The van der Waals surface area contributed by atoms with Crippen LogP contribution in [0.1, 0.15) is 35.3 Å². The molecule has 0 aliphatic rings. The van der Waals surface area contributed by atoms with Gasteiger partial charge in [-0.05, 0) is 48.9 Å². The molecule has 2 N–H and O–H groups in total. The maximum Gasteiger partial charge on any atom is 0.253 e. The van der Waals surface area contributed by atoms with E-state index in [-0.39, 0.29) is 11.9 Å². The second-order valence-electron chi connectivity index (χ2n) is 7.36. The summed E-state index contributed by atoms with van der Waals surface area (Å²) in [4.78, 5) is 21.9. The van der Waals surface area contributed by atoms with Crippen molar-refractivity contribution in [1.29, 1.82) is 0 Å². The summed E-state index contributed by atoms with van der Waals surface area (Å²) in [6, 6.07) is 14.9. The van der Waals surface area contributed by atoms with Gasteiger partial charge in [0.25, 0.3) is 5.91 Å². The Hall–Kier alpha value is -2.93. The predicted octanol–water partition coefficient (Wildman–Crippen LogP) is 5.20. The summed E-state index contributed by atoms with van der Waals surface area (Å²) >= 11 is 12.5. The first kappa shape index (κ1) is 22.3. The third-order valence-corrected chi connectivity index (χ3v) is 5.74. The Morgan fingerprint density at radius 2 is 1.81 bits per heavy atom. The van der Waals surface area contributed by atoms with Crippen LogP contribution in [0.3, 0.4) is 0 Å². The van der Waals surface area contributed by atoms with E-state index in [1.54, 1.807) is 35.3 Å². The lowest BCUT2D eigenvalue weighted by atomic mass is 10.1. The third-order valence-electron chi connectivity index (χ3n) is 5.17. The second kappa shape index (κ2) is 10.1. The van der Waals surface area contributed by atoms with E-state index < -0.39 is 0 Å². The number of benzene rings is 2. The normalized spacial score (nSPS) is 12.1. The lowest BCUT2D eigenvalue weighted by Crippen LogP contribution is -2.35. The Labute approximate surface area is 196 Å². The number of carbonyl (C=O) groups is 1. The topological polar surface area (TPSA) is 71.8 Å². The second-order valence-corrected chi connectivity index (χ2v) is 8.21. The molecule has 32 heavy (non-hydrogen) atoms. The summed E-state index contributed by atoms with van der Waals surface area (Å²) in [6.07, 6.45) is 6.04. The minimum Gasteiger partial charge on any atom is -0.350 e. The average molecular weight is 468 g/mol. The van der Waals surface area contributed by atoms with Gasteiger partial charge in [0.1, 0.15) is 0 Å². The Balaban J connectivity index is 1.62. The molecular formula is C24H23Cl2N5O. The fourth-order valence-corrected chi connectivity index (χ4v) is 4.01. The SMILES string of the molecule is CCCNC(CNC(=O)c1cn(-c2ncccn2)c2cccc(Cl)c12)c1ccc(Cl)cc1. The molecule has 4 rings (SSSR count). The van der Waals surface area contributed by atoms with Gasteiger partial charge in [0.2, 0.25) is 5.95 Å². The molecule has 4 aromatic rings. The number of aromatic nitrogens is 3. The first-order chi connectivity index (χ1) is 15.6. The van der Waals surface area contributed by atoms with E-state index in [2.05, 4.69) is 27.5 Å². The molecule has 0 radical (unpaired) electrons. The van der Waals surface area contributed by atoms with Crippen molar-refractivity contribution in [3.63, 3.8) is 0 Å². The van der Waals surface area contributed by atoms with Gasteiger partial charge in [0.05, 0.1) is 16.1 Å². The highest BCUT2D eigenvalue weighted by Gasteiger charge is 2.20. The van der Waals surface area contributed by atoms with E-state index in [1.807, 2.05) is 36.4 Å². The number of nitrogens with one attached hydrogen (secondary N) is 2. The van der Waals surface area contributed by atoms with E-state index in [1.165, 1.54) is 0 Å². The van der Waals surface area contributed by atoms with E-state index in [4.69, 9.17) is 23.2 Å². The maximum atomic E-state index is 13.2. The van der Waals surface area contributed by atoms with Crippen LogP contribution in [0.15, 0.2) is 67.1 Å². The molecule has 1 atom stereocenters. The van der Waals surface area contributed by atoms with Crippen molar-refractivity contribution in [3.05, 3.63) is 88.3 Å². The molecule has 0 aliphatic carbocycles. The van der Waals surface area contributed by atoms with Crippen LogP contribution in [0.5, 0.6) is 0 Å². The molecule has 2 aromatic carbocycles. The monoisotopic (exact) mass is 467 g/mol. The van der Waals surface area contributed by atoms with Crippen molar-refractivity contribution in [3.8, 4) is 5.95 Å². The minimum absolute atomic E-state index is 0.0440. The summed E-state index contributed by atoms with van der Waals surface area (Å²) < 4.78 is 1.78. The molecule has 6 nitrogen and oxygen atoms in total. The van der Waals surface area contributed by atoms with Crippen LogP contribution >= 0.6 is 23.2 Å². The minimum atomic E-state index is -0.213. The fourth-order valence-electron chi connectivity index (χ4n) is 3.61. The number of amides is 1. The molecule has 0 bridgehead atoms. The number of halogens is 2. The molecule has 1 unspecified atom stereocenters. The van der Waals surface area contributed by atoms with Crippen LogP contribution in [-0.4, -0.2) is 33.5 Å². The van der Waals surface area contributed by atoms with Crippen molar-refractivity contribution in [1.82, 2.24) is 25.2 Å². The summed E-state index contributed by atoms with van der Waals surface area (Å²) in [6.45, 7) is 3.35. The van der Waals surface area contributed by atoms with Gasteiger partial charge in [-0.1, -0.05) is 48.3 Å². The average Bonchev–Trinajstić information content (AvgIpc) is 3.21. The Morgan fingerprint density at radius 1 is 1.06 bits per heavy atom. The molecule has 8 heteroatoms. The Bertz CT molecular complexity index is 1210. The number of fused-ring (bicyclic) bond motifs is 1. The molecule has 0 aliphatic heterocycles. The highest BCUT2D eigenvalue weighted by molar-refractivity contribution is 6.37. The van der Waals surface area contributed by atoms with Gasteiger partial charge in [0, 0.05) is 41.6 Å². The predicted molar refractivity (Wildman–Crippen MR) is 129 cm³/mol. The van der Waals surface area contributed by atoms with Crippen LogP contribution in [0.2, 0.25) is 10.0 Å². The first-order valence-electron chi connectivity index (χ1n) is 10.4. The van der Waals surface area contributed by atoms with Crippen molar-refractivity contribution in [2.45, 2.75) is 19.4 Å². The zero-order valence-corrected chi connectivity index (χ0v) is 19.1. The summed E-state index contributed by atoms with van der Waals surface area (Å²) in [5.74, 6) is 0.262. The lowest BCUT2D eigenvalue weighted by Gasteiger charge is -2.19. The summed E-state index contributed by atoms with van der Waals surface area (Å²) in [7, 11) is 0. The molecular weight excluding hydrogens is 445 g/mol. The lowest BCUT2D eigenvalue weighted by molar-refractivity contribution is 0.0951. The van der Waals surface area contributed by atoms with E-state index in [9.17, 15) is 4.79 Å². The van der Waals surface area contributed by atoms with Gasteiger partial charge in [0.15, 0.2) is 0 Å². The molecule has 2 heterocycles. The third kappa shape index (κ3) is 4.78. The van der Waals surface area contributed by atoms with Crippen molar-refractivity contribution in [2.75, 3.05) is 13.1 Å². The quantitative estimate of drug-likeness (QED) is 0.373. The molecule has 164 valence electrons. The summed E-state index contributed by atoms with van der Waals surface area (Å²) in [5, 5.41) is 8.39. The molecule has 0 saturated carbocycles. The van der Waals surface area contributed by atoms with Crippen LogP contribution < -0.4 is 10.6 Å². The van der Waals surface area contributed by atoms with Crippen molar-refractivity contribution >= 4 is 40.0 Å². The Morgan fingerprint density at radius 3 is 2.53 bits per heavy atom. The smallest absolute Gasteiger partial charge is 0.253 e. The zero-order chi connectivity index (χ0) is 22.5. The maximum absolute atomic E-state index is 13.2. The standard InChI is InChI=1S/C24H23Cl2N5O/c1-2-11-27-20(16-7-9-17(25)10-8-16)14-30-23(32)18-15-31(24-28-12-4-13-29-24)21-6-3-5-19(26)22(18)21/h3-10,12-13,15,20,27H,2,11,14H2,1H3,(H,30,32). The van der Waals surface area contributed by atoms with Crippen LogP contribution in [0.25, 0.3) is 16.9 Å². The van der Waals surface area contributed by atoms with Gasteiger partial charge in [-0.2, -0.15) is 0 Å². The van der Waals surface area contributed by atoms with Gasteiger partial charge in [-0.25, -0.2) is 9.97 Å². The number of rotatable bonds is 8. The number of hydrogen-bond acceptors (Lipinski definition) is 4. The van der Waals surface area contributed by atoms with Gasteiger partial charge in [-0.3, -0.25) is 9.36 Å². The largest absolute Gasteiger partial charge is 0.350 e. The van der Waals surface area contributed by atoms with Gasteiger partial charge >= 0.3 is 0 Å². The number of carbonyl (C=O) groups excluding carboxylic acids is 1. The zero-order valence-electron chi connectivity index (χ0n) is 17.6. The Kier molecular flexibility index (Phi) is 7.05. The van der Waals surface area contributed by atoms with E-state index in [0.717, 1.165) is 24.0 Å². The van der Waals surface area contributed by atoms with Crippen LogP contribution in [0, 0.1) is 0 Å². The highest BCUT2D eigenvalue weighted by atomic mass is 35.5. The highest BCUT2D eigenvalue weighted by Crippen LogP contribution is 2.30. The molecule has 1 amide bonds. The first-order valence-corrected chi connectivity index (χ1v) is 11.2. The van der Waals surface area contributed by atoms with E-state index in [0.29, 0.717) is 33.5 Å². The summed E-state index contributed by atoms with van der Waals surface area (Å²) in [5.41, 5.74) is 2.30. The number of hydrogen-bond donors (Lipinski definition) is 2. The molecule has 0 fully saturated rings. The molecule has 0 spiro atoms. The van der Waals surface area contributed by atoms with E-state index >= 15 is 0 Å². The molecule has 0 saturated heterocycles. The number of nitrogens with zero attached hydrogens (tertiary/aromatic N) is 3. The van der Waals surface area contributed by atoms with Crippen molar-refractivity contribution in [2.24, 2.45) is 0 Å². The van der Waals surface area contributed by atoms with Gasteiger partial charge in [-0.15, -0.1) is 0 Å². The van der Waals surface area contributed by atoms with Crippen molar-refractivity contribution < 1.29 is 4.79 Å². The fraction of sp³-hybridized carbons (Fsp3) is 0.208.